The van der Waals surface area contributed by atoms with E-state index >= 15 is 0 Å². The van der Waals surface area contributed by atoms with Crippen molar-refractivity contribution in [2.45, 2.75) is 20.1 Å². The Morgan fingerprint density at radius 3 is 2.89 bits per heavy atom. The van der Waals surface area contributed by atoms with E-state index in [0.29, 0.717) is 12.4 Å². The summed E-state index contributed by atoms with van der Waals surface area (Å²) in [5, 5.41) is 6.93. The Kier molecular flexibility index (Phi) is 4.80. The van der Waals surface area contributed by atoms with Crippen LogP contribution < -0.4 is 14.8 Å². The lowest BCUT2D eigenvalue weighted by Gasteiger charge is -2.14. The van der Waals surface area contributed by atoms with Crippen molar-refractivity contribution in [2.24, 2.45) is 0 Å². The van der Waals surface area contributed by atoms with E-state index in [1.165, 1.54) is 0 Å². The third-order valence-corrected chi connectivity index (χ3v) is 2.70. The van der Waals surface area contributed by atoms with Crippen molar-refractivity contribution in [2.75, 3.05) is 13.7 Å². The van der Waals surface area contributed by atoms with Crippen molar-refractivity contribution in [3.63, 3.8) is 0 Å². The number of hydrogen-bond donors (Lipinski definition) is 1. The van der Waals surface area contributed by atoms with Gasteiger partial charge in [0.15, 0.2) is 17.3 Å². The topological polar surface area (TPSA) is 56.5 Å². The maximum atomic E-state index is 5.80. The van der Waals surface area contributed by atoms with Gasteiger partial charge in [0.2, 0.25) is 0 Å². The molecular formula is C14H18N2O3. The number of hydrogen-bond acceptors (Lipinski definition) is 5. The Labute approximate surface area is 112 Å². The Morgan fingerprint density at radius 2 is 2.21 bits per heavy atom. The molecule has 0 saturated heterocycles. The van der Waals surface area contributed by atoms with Crippen LogP contribution in [0.1, 0.15) is 18.2 Å². The number of benzene rings is 1. The molecule has 2 aromatic rings. The highest BCUT2D eigenvalue weighted by Gasteiger charge is 2.11. The van der Waals surface area contributed by atoms with Crippen molar-refractivity contribution in [1.82, 2.24) is 10.5 Å². The summed E-state index contributed by atoms with van der Waals surface area (Å²) in [6.45, 7) is 4.03. The van der Waals surface area contributed by atoms with E-state index in [2.05, 4.69) is 17.4 Å². The molecule has 0 amide bonds. The van der Waals surface area contributed by atoms with Gasteiger partial charge in [-0.1, -0.05) is 24.2 Å². The summed E-state index contributed by atoms with van der Waals surface area (Å²) in [4.78, 5) is 0. The van der Waals surface area contributed by atoms with Crippen LogP contribution in [0.2, 0.25) is 0 Å². The van der Waals surface area contributed by atoms with E-state index in [4.69, 9.17) is 14.0 Å². The van der Waals surface area contributed by atoms with Crippen LogP contribution in [-0.2, 0) is 13.2 Å². The van der Waals surface area contributed by atoms with Gasteiger partial charge >= 0.3 is 0 Å². The first-order valence-electron chi connectivity index (χ1n) is 6.24. The molecule has 0 fully saturated rings. The van der Waals surface area contributed by atoms with Crippen LogP contribution in [0.25, 0.3) is 0 Å². The average Bonchev–Trinajstić information content (AvgIpc) is 2.96. The lowest BCUT2D eigenvalue weighted by molar-refractivity contribution is 0.237. The van der Waals surface area contributed by atoms with E-state index in [0.717, 1.165) is 30.2 Å². The first kappa shape index (κ1) is 13.4. The fourth-order valence-electron chi connectivity index (χ4n) is 1.74. The zero-order valence-electron chi connectivity index (χ0n) is 11.2. The quantitative estimate of drug-likeness (QED) is 0.830. The predicted octanol–water partition coefficient (Wildman–Crippen LogP) is 2.37. The molecule has 0 unspecified atom stereocenters. The van der Waals surface area contributed by atoms with Gasteiger partial charge in [-0.25, -0.2) is 0 Å². The highest BCUT2D eigenvalue weighted by Crippen LogP contribution is 2.31. The molecule has 0 radical (unpaired) electrons. The highest BCUT2D eigenvalue weighted by molar-refractivity contribution is 5.46. The number of aromatic nitrogens is 1. The second-order valence-electron chi connectivity index (χ2n) is 4.00. The predicted molar refractivity (Wildman–Crippen MR) is 71.2 cm³/mol. The number of rotatable bonds is 7. The van der Waals surface area contributed by atoms with Gasteiger partial charge in [-0.15, -0.1) is 0 Å². The zero-order valence-corrected chi connectivity index (χ0v) is 11.2. The molecular weight excluding hydrogens is 244 g/mol. The lowest BCUT2D eigenvalue weighted by Crippen LogP contribution is -2.13. The number of para-hydroxylation sites is 1. The van der Waals surface area contributed by atoms with Crippen LogP contribution in [-0.4, -0.2) is 18.8 Å². The minimum Gasteiger partial charge on any atom is -0.493 e. The Morgan fingerprint density at radius 1 is 1.32 bits per heavy atom. The SMILES string of the molecule is CCNCc1cccc(OC)c1OCc1ccno1. The van der Waals surface area contributed by atoms with E-state index < -0.39 is 0 Å². The fourth-order valence-corrected chi connectivity index (χ4v) is 1.74. The van der Waals surface area contributed by atoms with Gasteiger partial charge in [-0.3, -0.25) is 0 Å². The summed E-state index contributed by atoms with van der Waals surface area (Å²) in [5.41, 5.74) is 1.06. The lowest BCUT2D eigenvalue weighted by atomic mass is 10.2. The number of nitrogens with zero attached hydrogens (tertiary/aromatic N) is 1. The standard InChI is InChI=1S/C14H18N2O3/c1-3-15-9-11-5-4-6-13(17-2)14(11)18-10-12-7-8-16-19-12/h4-8,15H,3,9-10H2,1-2H3. The van der Waals surface area contributed by atoms with E-state index in [1.54, 1.807) is 19.4 Å². The maximum Gasteiger partial charge on any atom is 0.174 e. The second kappa shape index (κ2) is 6.80. The molecule has 0 atom stereocenters. The van der Waals surface area contributed by atoms with Crippen LogP contribution in [0.4, 0.5) is 0 Å². The molecule has 0 saturated carbocycles. The Bertz CT molecular complexity index is 497. The van der Waals surface area contributed by atoms with E-state index in [1.807, 2.05) is 18.2 Å². The van der Waals surface area contributed by atoms with Crippen LogP contribution in [0, 0.1) is 0 Å². The summed E-state index contributed by atoms with van der Waals surface area (Å²) in [6.07, 6.45) is 1.60. The third kappa shape index (κ3) is 3.48. The number of ether oxygens (including phenoxy) is 2. The van der Waals surface area contributed by atoms with E-state index in [9.17, 15) is 0 Å². The summed E-state index contributed by atoms with van der Waals surface area (Å²) < 4.78 is 16.2. The van der Waals surface area contributed by atoms with Crippen LogP contribution >= 0.6 is 0 Å². The molecule has 2 rings (SSSR count). The summed E-state index contributed by atoms with van der Waals surface area (Å²) in [7, 11) is 1.63. The zero-order chi connectivity index (χ0) is 13.5. The maximum absolute atomic E-state index is 5.80. The average molecular weight is 262 g/mol. The molecule has 1 aromatic carbocycles. The van der Waals surface area contributed by atoms with Gasteiger partial charge in [0, 0.05) is 18.2 Å². The molecule has 5 nitrogen and oxygen atoms in total. The molecule has 5 heteroatoms. The van der Waals surface area contributed by atoms with Crippen molar-refractivity contribution in [1.29, 1.82) is 0 Å². The third-order valence-electron chi connectivity index (χ3n) is 2.70. The molecule has 19 heavy (non-hydrogen) atoms. The van der Waals surface area contributed by atoms with Crippen molar-refractivity contribution in [3.05, 3.63) is 41.8 Å². The fraction of sp³-hybridized carbons (Fsp3) is 0.357. The first-order valence-corrected chi connectivity index (χ1v) is 6.24. The summed E-state index contributed by atoms with van der Waals surface area (Å²) in [5.74, 6) is 2.14. The Balaban J connectivity index is 2.14. The van der Waals surface area contributed by atoms with Gasteiger partial charge in [0.05, 0.1) is 13.3 Å². The number of nitrogens with one attached hydrogen (secondary N) is 1. The molecule has 0 spiro atoms. The number of methoxy groups -OCH3 is 1. The van der Waals surface area contributed by atoms with Crippen LogP contribution in [0.5, 0.6) is 11.5 Å². The van der Waals surface area contributed by atoms with Gasteiger partial charge in [0.25, 0.3) is 0 Å². The smallest absolute Gasteiger partial charge is 0.174 e. The van der Waals surface area contributed by atoms with Gasteiger partial charge in [-0.2, -0.15) is 0 Å². The molecule has 1 aromatic heterocycles. The molecule has 0 aliphatic carbocycles. The molecule has 102 valence electrons. The molecule has 0 aliphatic heterocycles. The van der Waals surface area contributed by atoms with Crippen LogP contribution in [0.15, 0.2) is 35.0 Å². The largest absolute Gasteiger partial charge is 0.493 e. The first-order chi connectivity index (χ1) is 9.35. The molecule has 0 bridgehead atoms. The summed E-state index contributed by atoms with van der Waals surface area (Å²) in [6, 6.07) is 7.62. The van der Waals surface area contributed by atoms with Gasteiger partial charge in [-0.05, 0) is 12.6 Å². The monoisotopic (exact) mass is 262 g/mol. The molecule has 1 N–H and O–H groups in total. The minimum atomic E-state index is 0.333. The molecule has 0 aliphatic rings. The van der Waals surface area contributed by atoms with Crippen molar-refractivity contribution >= 4 is 0 Å². The molecule has 1 heterocycles. The normalized spacial score (nSPS) is 10.4. The van der Waals surface area contributed by atoms with Crippen LogP contribution in [0.3, 0.4) is 0 Å². The van der Waals surface area contributed by atoms with Gasteiger partial charge in [0.1, 0.15) is 6.61 Å². The van der Waals surface area contributed by atoms with E-state index in [-0.39, 0.29) is 0 Å². The minimum absolute atomic E-state index is 0.333. The second-order valence-corrected chi connectivity index (χ2v) is 4.00. The Hall–Kier alpha value is -2.01. The van der Waals surface area contributed by atoms with Gasteiger partial charge < -0.3 is 19.3 Å². The highest BCUT2D eigenvalue weighted by atomic mass is 16.5. The summed E-state index contributed by atoms with van der Waals surface area (Å²) >= 11 is 0. The van der Waals surface area contributed by atoms with Crippen molar-refractivity contribution in [3.8, 4) is 11.5 Å². The van der Waals surface area contributed by atoms with Crippen molar-refractivity contribution < 1.29 is 14.0 Å².